The van der Waals surface area contributed by atoms with Gasteiger partial charge in [0.1, 0.15) is 27.0 Å². The van der Waals surface area contributed by atoms with Crippen LogP contribution < -0.4 is 10.6 Å². The molecule has 1 saturated heterocycles. The number of hydrogen-bond donors (Lipinski definition) is 2. The van der Waals surface area contributed by atoms with E-state index in [-0.39, 0.29) is 63.6 Å². The van der Waals surface area contributed by atoms with E-state index < -0.39 is 62.6 Å². The van der Waals surface area contributed by atoms with Gasteiger partial charge in [0.25, 0.3) is 5.89 Å². The zero-order valence-electron chi connectivity index (χ0n) is 32.2. The summed E-state index contributed by atoms with van der Waals surface area (Å²) in [6.07, 6.45) is 3.80. The Kier molecular flexibility index (Phi) is 15.4. The van der Waals surface area contributed by atoms with Gasteiger partial charge in [0, 0.05) is 36.7 Å². The Hall–Kier alpha value is -4.27. The lowest BCUT2D eigenvalue weighted by atomic mass is 9.96. The van der Waals surface area contributed by atoms with Gasteiger partial charge in [-0.25, -0.2) is 18.2 Å². The number of Topliss-reactive ketones (excluding diaryl/α,β-unsaturated/α-hetero) is 1. The van der Waals surface area contributed by atoms with Crippen molar-refractivity contribution in [2.45, 2.75) is 108 Å². The number of para-hydroxylation sites is 2. The number of nitrogens with zero attached hydrogens (tertiary/aromatic N) is 2. The molecule has 1 aliphatic rings. The average molecular weight is 801 g/mol. The molecular weight excluding hydrogens is 748 g/mol. The number of benzene rings is 2. The molecule has 13 nitrogen and oxygen atoms in total. The standard InChI is InChI=1S/C40H53ClN4O9S/c1-7-12-28(19-16-26(2)55(6,50)51)38(48)45-24-30(52-25-27-17-20-29(41)21-18-27)23-33(45)36(47)43-32(14-10-11-22-42-39(49)54-40(3,4)5)35(46)37-44-31-13-8-9-15-34(31)53-37/h7-9,13,15,17-18,20-21,26,28,30,32-33H,1,10-12,14,16,19,22-25H2,2-6H3,(H,42,49)(H,43,47)/t26?,28-,30+,32-,33-/m0/s1. The molecule has 0 bridgehead atoms. The van der Waals surface area contributed by atoms with Crippen LogP contribution in [0.25, 0.3) is 11.1 Å². The number of carbonyl (C=O) groups excluding carboxylic acids is 4. The van der Waals surface area contributed by atoms with Crippen LogP contribution in [0.2, 0.25) is 5.02 Å². The number of carbonyl (C=O) groups is 4. The maximum atomic E-state index is 14.3. The predicted molar refractivity (Wildman–Crippen MR) is 210 cm³/mol. The number of alkyl carbamates (subject to hydrolysis) is 1. The number of hydrogen-bond acceptors (Lipinski definition) is 10. The van der Waals surface area contributed by atoms with Crippen LogP contribution >= 0.6 is 11.6 Å². The summed E-state index contributed by atoms with van der Waals surface area (Å²) in [5.41, 5.74) is 1.12. The van der Waals surface area contributed by atoms with Crippen molar-refractivity contribution < 1.29 is 41.5 Å². The summed E-state index contributed by atoms with van der Waals surface area (Å²) in [4.78, 5) is 60.4. The van der Waals surface area contributed by atoms with Crippen LogP contribution in [0.1, 0.15) is 88.9 Å². The normalized spacial score (nSPS) is 17.7. The summed E-state index contributed by atoms with van der Waals surface area (Å²) in [7, 11) is -3.32. The highest BCUT2D eigenvalue weighted by Gasteiger charge is 2.43. The monoisotopic (exact) mass is 800 g/mol. The molecule has 2 aromatic carbocycles. The Labute approximate surface area is 328 Å². The Morgan fingerprint density at radius 3 is 2.44 bits per heavy atom. The molecule has 1 unspecified atom stereocenters. The van der Waals surface area contributed by atoms with E-state index in [0.29, 0.717) is 29.0 Å². The largest absolute Gasteiger partial charge is 0.444 e. The van der Waals surface area contributed by atoms with Gasteiger partial charge in [0.2, 0.25) is 17.6 Å². The number of allylic oxidation sites excluding steroid dienone is 1. The van der Waals surface area contributed by atoms with E-state index in [2.05, 4.69) is 22.2 Å². The molecule has 0 aliphatic carbocycles. The van der Waals surface area contributed by atoms with Gasteiger partial charge in [0.15, 0.2) is 5.58 Å². The minimum absolute atomic E-state index is 0.111. The minimum Gasteiger partial charge on any atom is -0.444 e. The van der Waals surface area contributed by atoms with E-state index in [4.69, 9.17) is 25.5 Å². The Bertz CT molecular complexity index is 1880. The quantitative estimate of drug-likeness (QED) is 0.0781. The number of halogens is 1. The molecule has 2 heterocycles. The number of oxazole rings is 1. The number of ether oxygens (including phenoxy) is 2. The van der Waals surface area contributed by atoms with Crippen molar-refractivity contribution in [3.05, 3.63) is 77.7 Å². The summed E-state index contributed by atoms with van der Waals surface area (Å²) in [5.74, 6) is -2.19. The molecule has 0 spiro atoms. The maximum Gasteiger partial charge on any atom is 0.407 e. The second kappa shape index (κ2) is 19.5. The highest BCUT2D eigenvalue weighted by Crippen LogP contribution is 2.28. The van der Waals surface area contributed by atoms with Gasteiger partial charge >= 0.3 is 6.09 Å². The van der Waals surface area contributed by atoms with Crippen LogP contribution in [0.3, 0.4) is 0 Å². The number of nitrogens with one attached hydrogen (secondary N) is 2. The van der Waals surface area contributed by atoms with Crippen LogP contribution in [0.4, 0.5) is 4.79 Å². The fourth-order valence-electron chi connectivity index (χ4n) is 6.27. The Morgan fingerprint density at radius 2 is 1.78 bits per heavy atom. The number of sulfone groups is 1. The SMILES string of the molecule is C=CC[C@@H](CCC(C)S(C)(=O)=O)C(=O)N1C[C@H](OCc2ccc(Cl)cc2)C[C@H]1C(=O)N[C@@H](CCCCNC(=O)OC(C)(C)C)C(=O)c1nc2ccccc2o1. The minimum atomic E-state index is -3.32. The Morgan fingerprint density at radius 1 is 1.07 bits per heavy atom. The first-order valence-electron chi connectivity index (χ1n) is 18.6. The first-order valence-corrected chi connectivity index (χ1v) is 20.9. The fourth-order valence-corrected chi connectivity index (χ4v) is 6.96. The molecule has 0 saturated carbocycles. The van der Waals surface area contributed by atoms with Gasteiger partial charge in [-0.1, -0.05) is 41.9 Å². The van der Waals surface area contributed by atoms with E-state index in [0.717, 1.165) is 5.56 Å². The lowest BCUT2D eigenvalue weighted by Gasteiger charge is -2.29. The smallest absolute Gasteiger partial charge is 0.407 e. The van der Waals surface area contributed by atoms with Crippen molar-refractivity contribution in [2.75, 3.05) is 19.3 Å². The van der Waals surface area contributed by atoms with Crippen molar-refractivity contribution >= 4 is 56.2 Å². The predicted octanol–water partition coefficient (Wildman–Crippen LogP) is 6.44. The molecule has 3 amide bonds. The first-order chi connectivity index (χ1) is 25.9. The zero-order valence-corrected chi connectivity index (χ0v) is 33.8. The molecule has 3 aromatic rings. The lowest BCUT2D eigenvalue weighted by molar-refractivity contribution is -0.142. The summed E-state index contributed by atoms with van der Waals surface area (Å²) >= 11 is 6.05. The number of unbranched alkanes of at least 4 members (excludes halogenated alkanes) is 1. The molecule has 1 fully saturated rings. The number of fused-ring (bicyclic) bond motifs is 1. The highest BCUT2D eigenvalue weighted by molar-refractivity contribution is 7.91. The third-order valence-electron chi connectivity index (χ3n) is 9.43. The number of rotatable bonds is 19. The maximum absolute atomic E-state index is 14.3. The van der Waals surface area contributed by atoms with Gasteiger partial charge in [-0.15, -0.1) is 6.58 Å². The van der Waals surface area contributed by atoms with Gasteiger partial charge in [-0.2, -0.15) is 0 Å². The molecule has 1 aliphatic heterocycles. The van der Waals surface area contributed by atoms with Crippen LogP contribution in [0.15, 0.2) is 65.6 Å². The van der Waals surface area contributed by atoms with Crippen LogP contribution in [-0.4, -0.2) is 90.4 Å². The number of likely N-dealkylation sites (tertiary alicyclic amines) is 1. The molecule has 0 radical (unpaired) electrons. The van der Waals surface area contributed by atoms with Crippen molar-refractivity contribution in [2.24, 2.45) is 5.92 Å². The van der Waals surface area contributed by atoms with E-state index in [9.17, 15) is 27.6 Å². The van der Waals surface area contributed by atoms with Gasteiger partial charge in [0.05, 0.1) is 24.0 Å². The molecule has 4 rings (SSSR count). The molecule has 300 valence electrons. The van der Waals surface area contributed by atoms with Crippen LogP contribution in [0.5, 0.6) is 0 Å². The topological polar surface area (TPSA) is 174 Å². The van der Waals surface area contributed by atoms with E-state index >= 15 is 0 Å². The van der Waals surface area contributed by atoms with Gasteiger partial charge in [-0.3, -0.25) is 14.4 Å². The van der Waals surface area contributed by atoms with E-state index in [1.54, 1.807) is 70.2 Å². The van der Waals surface area contributed by atoms with Crippen molar-refractivity contribution in [3.63, 3.8) is 0 Å². The van der Waals surface area contributed by atoms with Gasteiger partial charge < -0.3 is 29.4 Å². The summed E-state index contributed by atoms with van der Waals surface area (Å²) in [6.45, 7) is 11.3. The van der Waals surface area contributed by atoms with Crippen molar-refractivity contribution in [3.8, 4) is 0 Å². The molecule has 1 aromatic heterocycles. The first kappa shape index (κ1) is 43.5. The fraction of sp³-hybridized carbons (Fsp3) is 0.525. The molecule has 55 heavy (non-hydrogen) atoms. The van der Waals surface area contributed by atoms with Gasteiger partial charge in [-0.05, 0) is 96.0 Å². The third-order valence-corrected chi connectivity index (χ3v) is 11.4. The van der Waals surface area contributed by atoms with Crippen LogP contribution in [0, 0.1) is 5.92 Å². The number of amides is 3. The second-order valence-electron chi connectivity index (χ2n) is 15.1. The molecule has 15 heteroatoms. The summed E-state index contributed by atoms with van der Waals surface area (Å²) in [5, 5.41) is 5.53. The zero-order chi connectivity index (χ0) is 40.3. The highest BCUT2D eigenvalue weighted by atomic mass is 35.5. The van der Waals surface area contributed by atoms with Crippen molar-refractivity contribution in [1.82, 2.24) is 20.5 Å². The molecular formula is C40H53ClN4O9S. The average Bonchev–Trinajstić information content (AvgIpc) is 3.76. The van der Waals surface area contributed by atoms with E-state index in [1.807, 2.05) is 12.1 Å². The number of aromatic nitrogens is 1. The molecule has 2 N–H and O–H groups in total. The van der Waals surface area contributed by atoms with Crippen molar-refractivity contribution in [1.29, 1.82) is 0 Å². The molecule has 5 atom stereocenters. The third kappa shape index (κ3) is 13.2. The van der Waals surface area contributed by atoms with E-state index in [1.165, 1.54) is 11.2 Å². The second-order valence-corrected chi connectivity index (χ2v) is 18.0. The number of ketones is 1. The Balaban J connectivity index is 1.54. The summed E-state index contributed by atoms with van der Waals surface area (Å²) < 4.78 is 41.6. The summed E-state index contributed by atoms with van der Waals surface area (Å²) in [6, 6.07) is 12.1. The van der Waals surface area contributed by atoms with Crippen LogP contribution in [-0.2, 0) is 35.5 Å². The lowest BCUT2D eigenvalue weighted by Crippen LogP contribution is -2.52.